The molecule has 0 atom stereocenters. The number of amides is 1. The molecule has 174 valence electrons. The van der Waals surface area contributed by atoms with Crippen LogP contribution in [0.25, 0.3) is 22.2 Å². The molecule has 0 N–H and O–H groups in total. The van der Waals surface area contributed by atoms with Crippen molar-refractivity contribution in [3.63, 3.8) is 0 Å². The monoisotopic (exact) mass is 453 g/mol. The van der Waals surface area contributed by atoms with Crippen LogP contribution in [0.3, 0.4) is 0 Å². The molecule has 1 amide bonds. The zero-order valence-corrected chi connectivity index (χ0v) is 20.2. The number of carbonyl (C=O) groups is 1. The molecule has 1 aliphatic rings. The lowest BCUT2D eigenvalue weighted by Crippen LogP contribution is -2.48. The maximum atomic E-state index is 13.7. The van der Waals surface area contributed by atoms with Crippen molar-refractivity contribution in [1.82, 2.24) is 24.6 Å². The number of hydrogen-bond acceptors (Lipinski definition) is 4. The number of rotatable bonds is 5. The molecule has 0 unspecified atom stereocenters. The highest BCUT2D eigenvalue weighted by atomic mass is 16.2. The molecule has 2 aromatic heterocycles. The standard InChI is InChI=1S/C28H31N5O/c1-4-33-21(3)25(18-29-33)27-17-24(23-11-7-8-12-26(23)30-27)28(34)32-15-13-31(14-16-32)19-22-10-6-5-9-20(22)2/h5-12,17-18H,4,13-16,19H2,1-3H3. The van der Waals surface area contributed by atoms with Crippen molar-refractivity contribution in [2.75, 3.05) is 26.2 Å². The van der Waals surface area contributed by atoms with Crippen molar-refractivity contribution in [3.8, 4) is 11.3 Å². The quantitative estimate of drug-likeness (QED) is 0.440. The topological polar surface area (TPSA) is 54.3 Å². The third-order valence-corrected chi connectivity index (χ3v) is 6.94. The summed E-state index contributed by atoms with van der Waals surface area (Å²) in [4.78, 5) is 23.0. The van der Waals surface area contributed by atoms with Gasteiger partial charge in [0.15, 0.2) is 0 Å². The minimum Gasteiger partial charge on any atom is -0.336 e. The summed E-state index contributed by atoms with van der Waals surface area (Å²) in [6.07, 6.45) is 1.86. The van der Waals surface area contributed by atoms with Gasteiger partial charge < -0.3 is 4.90 Å². The summed E-state index contributed by atoms with van der Waals surface area (Å²) in [7, 11) is 0. The molecule has 6 heteroatoms. The number of fused-ring (bicyclic) bond motifs is 1. The van der Waals surface area contributed by atoms with Crippen molar-refractivity contribution in [3.05, 3.63) is 83.2 Å². The van der Waals surface area contributed by atoms with Gasteiger partial charge in [0.1, 0.15) is 0 Å². The zero-order valence-electron chi connectivity index (χ0n) is 20.2. The number of carbonyl (C=O) groups excluding carboxylic acids is 1. The van der Waals surface area contributed by atoms with Crippen LogP contribution in [-0.4, -0.2) is 56.7 Å². The van der Waals surface area contributed by atoms with Crippen molar-refractivity contribution < 1.29 is 4.79 Å². The Bertz CT molecular complexity index is 1330. The highest BCUT2D eigenvalue weighted by molar-refractivity contribution is 6.07. The largest absolute Gasteiger partial charge is 0.336 e. The van der Waals surface area contributed by atoms with E-state index in [1.54, 1.807) is 0 Å². The fourth-order valence-corrected chi connectivity index (χ4v) is 4.81. The molecule has 1 fully saturated rings. The van der Waals surface area contributed by atoms with E-state index in [-0.39, 0.29) is 5.91 Å². The highest BCUT2D eigenvalue weighted by Gasteiger charge is 2.25. The lowest BCUT2D eigenvalue weighted by Gasteiger charge is -2.35. The lowest BCUT2D eigenvalue weighted by atomic mass is 10.0. The maximum absolute atomic E-state index is 13.7. The molecule has 6 nitrogen and oxygen atoms in total. The Morgan fingerprint density at radius 3 is 2.44 bits per heavy atom. The van der Waals surface area contributed by atoms with Crippen LogP contribution in [0, 0.1) is 13.8 Å². The van der Waals surface area contributed by atoms with Crippen molar-refractivity contribution in [2.45, 2.75) is 33.9 Å². The number of nitrogens with zero attached hydrogens (tertiary/aromatic N) is 5. The molecule has 4 aromatic rings. The van der Waals surface area contributed by atoms with Gasteiger partial charge in [0.2, 0.25) is 0 Å². The van der Waals surface area contributed by atoms with Crippen LogP contribution in [-0.2, 0) is 13.1 Å². The summed E-state index contributed by atoms with van der Waals surface area (Å²) in [5, 5.41) is 5.38. The first-order valence-electron chi connectivity index (χ1n) is 12.0. The van der Waals surface area contributed by atoms with Crippen molar-refractivity contribution in [2.24, 2.45) is 0 Å². The Hall–Kier alpha value is -3.51. The molecule has 0 aliphatic carbocycles. The first-order valence-corrected chi connectivity index (χ1v) is 12.0. The Balaban J connectivity index is 1.40. The molecular weight excluding hydrogens is 422 g/mol. The fraction of sp³-hybridized carbons (Fsp3) is 0.321. The molecule has 0 bridgehead atoms. The normalized spacial score (nSPS) is 14.6. The second-order valence-corrected chi connectivity index (χ2v) is 9.03. The predicted molar refractivity (Wildman–Crippen MR) is 136 cm³/mol. The van der Waals surface area contributed by atoms with Gasteiger partial charge in [-0.25, -0.2) is 4.98 Å². The van der Waals surface area contributed by atoms with E-state index in [4.69, 9.17) is 4.98 Å². The molecule has 2 aromatic carbocycles. The third kappa shape index (κ3) is 4.21. The molecule has 1 saturated heterocycles. The first-order chi connectivity index (χ1) is 16.5. The van der Waals surface area contributed by atoms with Crippen LogP contribution < -0.4 is 0 Å². The fourth-order valence-electron chi connectivity index (χ4n) is 4.81. The van der Waals surface area contributed by atoms with E-state index in [2.05, 4.69) is 55.0 Å². The van der Waals surface area contributed by atoms with Gasteiger partial charge in [-0.05, 0) is 44.0 Å². The van der Waals surface area contributed by atoms with E-state index >= 15 is 0 Å². The average Bonchev–Trinajstić information content (AvgIpc) is 3.25. The van der Waals surface area contributed by atoms with Gasteiger partial charge in [0.25, 0.3) is 5.91 Å². The van der Waals surface area contributed by atoms with Gasteiger partial charge in [0.05, 0.1) is 23.0 Å². The van der Waals surface area contributed by atoms with E-state index in [0.717, 1.165) is 72.7 Å². The summed E-state index contributed by atoms with van der Waals surface area (Å²) in [6.45, 7) is 11.2. The number of para-hydroxylation sites is 1. The molecule has 1 aliphatic heterocycles. The van der Waals surface area contributed by atoms with Crippen LogP contribution in [0.5, 0.6) is 0 Å². The summed E-state index contributed by atoms with van der Waals surface area (Å²) in [5.41, 5.74) is 7.07. The summed E-state index contributed by atoms with van der Waals surface area (Å²) in [5.74, 6) is 0.0796. The van der Waals surface area contributed by atoms with Crippen LogP contribution in [0.2, 0.25) is 0 Å². The Morgan fingerprint density at radius 2 is 1.71 bits per heavy atom. The Labute approximate surface area is 200 Å². The van der Waals surface area contributed by atoms with Crippen LogP contribution in [0.15, 0.2) is 60.8 Å². The molecule has 5 rings (SSSR count). The Kier molecular flexibility index (Phi) is 6.16. The summed E-state index contributed by atoms with van der Waals surface area (Å²) < 4.78 is 1.96. The van der Waals surface area contributed by atoms with Gasteiger partial charge >= 0.3 is 0 Å². The smallest absolute Gasteiger partial charge is 0.254 e. The first kappa shape index (κ1) is 22.3. The van der Waals surface area contributed by atoms with E-state index in [1.807, 2.05) is 46.1 Å². The molecule has 0 radical (unpaired) electrons. The van der Waals surface area contributed by atoms with E-state index in [0.29, 0.717) is 0 Å². The van der Waals surface area contributed by atoms with E-state index in [9.17, 15) is 4.79 Å². The third-order valence-electron chi connectivity index (χ3n) is 6.94. The SMILES string of the molecule is CCn1ncc(-c2cc(C(=O)N3CCN(Cc4ccccc4C)CC3)c3ccccc3n2)c1C. The van der Waals surface area contributed by atoms with Gasteiger partial charge in [-0.3, -0.25) is 14.4 Å². The number of pyridine rings is 1. The Morgan fingerprint density at radius 1 is 0.971 bits per heavy atom. The van der Waals surface area contributed by atoms with Gasteiger partial charge in [-0.15, -0.1) is 0 Å². The average molecular weight is 454 g/mol. The summed E-state index contributed by atoms with van der Waals surface area (Å²) in [6, 6.07) is 18.4. The van der Waals surface area contributed by atoms with Crippen LogP contribution >= 0.6 is 0 Å². The number of aromatic nitrogens is 3. The highest BCUT2D eigenvalue weighted by Crippen LogP contribution is 2.28. The number of benzene rings is 2. The molecule has 0 spiro atoms. The van der Waals surface area contributed by atoms with E-state index < -0.39 is 0 Å². The second kappa shape index (κ2) is 9.39. The van der Waals surface area contributed by atoms with Crippen LogP contribution in [0.1, 0.15) is 34.1 Å². The van der Waals surface area contributed by atoms with Gasteiger partial charge in [-0.2, -0.15) is 5.10 Å². The van der Waals surface area contributed by atoms with Crippen LogP contribution in [0.4, 0.5) is 0 Å². The maximum Gasteiger partial charge on any atom is 0.254 e. The van der Waals surface area contributed by atoms with Crippen molar-refractivity contribution >= 4 is 16.8 Å². The number of piperazine rings is 1. The zero-order chi connectivity index (χ0) is 23.7. The predicted octanol–water partition coefficient (Wildman–Crippen LogP) is 4.69. The van der Waals surface area contributed by atoms with Gasteiger partial charge in [0, 0.05) is 55.9 Å². The minimum absolute atomic E-state index is 0.0796. The van der Waals surface area contributed by atoms with E-state index in [1.165, 1.54) is 11.1 Å². The molecular formula is C28H31N5O. The van der Waals surface area contributed by atoms with Gasteiger partial charge in [-0.1, -0.05) is 42.5 Å². The minimum atomic E-state index is 0.0796. The molecule has 3 heterocycles. The number of hydrogen-bond donors (Lipinski definition) is 0. The second-order valence-electron chi connectivity index (χ2n) is 9.03. The molecule has 0 saturated carbocycles. The summed E-state index contributed by atoms with van der Waals surface area (Å²) >= 11 is 0. The molecule has 34 heavy (non-hydrogen) atoms. The number of aryl methyl sites for hydroxylation is 2. The van der Waals surface area contributed by atoms with Crippen molar-refractivity contribution in [1.29, 1.82) is 0 Å². The lowest BCUT2D eigenvalue weighted by molar-refractivity contribution is 0.0630.